The Morgan fingerprint density at radius 1 is 1.33 bits per heavy atom. The van der Waals surface area contributed by atoms with Crippen molar-refractivity contribution in [2.45, 2.75) is 43.5 Å². The molecule has 2 rings (SSSR count). The van der Waals surface area contributed by atoms with E-state index in [-0.39, 0.29) is 17.0 Å². The van der Waals surface area contributed by atoms with Crippen LogP contribution in [0.5, 0.6) is 0 Å². The van der Waals surface area contributed by atoms with E-state index in [2.05, 4.69) is 12.2 Å². The van der Waals surface area contributed by atoms with E-state index in [0.717, 1.165) is 32.2 Å². The lowest BCUT2D eigenvalue weighted by Gasteiger charge is -2.35. The van der Waals surface area contributed by atoms with Crippen LogP contribution in [0, 0.1) is 0 Å². The van der Waals surface area contributed by atoms with E-state index in [1.807, 2.05) is 4.90 Å². The van der Waals surface area contributed by atoms with Crippen molar-refractivity contribution in [3.63, 3.8) is 0 Å². The number of sulfonamides is 1. The van der Waals surface area contributed by atoms with Crippen molar-refractivity contribution in [2.75, 3.05) is 11.9 Å². The predicted octanol–water partition coefficient (Wildman–Crippen LogP) is 2.13. The van der Waals surface area contributed by atoms with Crippen molar-refractivity contribution in [1.82, 2.24) is 4.90 Å². The number of hydrogen-bond donors (Lipinski definition) is 2. The maximum Gasteiger partial charge on any atom is 0.322 e. The lowest BCUT2D eigenvalue weighted by atomic mass is 10.0. The molecule has 0 aromatic heterocycles. The lowest BCUT2D eigenvalue weighted by molar-refractivity contribution is 0.160. The maximum atomic E-state index is 12.3. The van der Waals surface area contributed by atoms with Crippen molar-refractivity contribution in [3.05, 3.63) is 24.3 Å². The number of likely N-dealkylation sites (tertiary alicyclic amines) is 1. The van der Waals surface area contributed by atoms with Gasteiger partial charge < -0.3 is 10.2 Å². The fourth-order valence-corrected chi connectivity index (χ4v) is 3.13. The number of urea groups is 1. The Labute approximate surface area is 125 Å². The first-order valence-corrected chi connectivity index (χ1v) is 8.67. The normalized spacial score (nSPS) is 19.3. The second-order valence-corrected chi connectivity index (χ2v) is 6.81. The van der Waals surface area contributed by atoms with E-state index < -0.39 is 10.0 Å². The number of benzene rings is 1. The van der Waals surface area contributed by atoms with Gasteiger partial charge in [0, 0.05) is 18.3 Å². The van der Waals surface area contributed by atoms with Gasteiger partial charge in [-0.1, -0.05) is 6.92 Å². The highest BCUT2D eigenvalue weighted by atomic mass is 32.2. The third kappa shape index (κ3) is 3.95. The molecular formula is C14H21N3O3S. The number of nitrogens with zero attached hydrogens (tertiary/aromatic N) is 1. The summed E-state index contributed by atoms with van der Waals surface area (Å²) in [5.74, 6) is 0. The number of carbonyl (C=O) groups is 1. The molecule has 0 bridgehead atoms. The molecule has 0 radical (unpaired) electrons. The van der Waals surface area contributed by atoms with Crippen LogP contribution in [-0.4, -0.2) is 31.9 Å². The number of hydrogen-bond acceptors (Lipinski definition) is 3. The van der Waals surface area contributed by atoms with Crippen molar-refractivity contribution in [3.8, 4) is 0 Å². The summed E-state index contributed by atoms with van der Waals surface area (Å²) >= 11 is 0. The third-order valence-corrected chi connectivity index (χ3v) is 4.72. The summed E-state index contributed by atoms with van der Waals surface area (Å²) in [6.07, 6.45) is 4.16. The fourth-order valence-electron chi connectivity index (χ4n) is 2.62. The van der Waals surface area contributed by atoms with E-state index in [1.54, 1.807) is 12.1 Å². The van der Waals surface area contributed by atoms with Gasteiger partial charge in [0.25, 0.3) is 0 Å². The lowest BCUT2D eigenvalue weighted by Crippen LogP contribution is -2.45. The summed E-state index contributed by atoms with van der Waals surface area (Å²) < 4.78 is 22.4. The van der Waals surface area contributed by atoms with Crippen LogP contribution >= 0.6 is 0 Å². The Balaban J connectivity index is 2.05. The average Bonchev–Trinajstić information content (AvgIpc) is 2.46. The summed E-state index contributed by atoms with van der Waals surface area (Å²) in [7, 11) is -3.70. The van der Waals surface area contributed by atoms with E-state index in [0.29, 0.717) is 5.69 Å². The minimum Gasteiger partial charge on any atom is -0.322 e. The Morgan fingerprint density at radius 3 is 2.57 bits per heavy atom. The minimum atomic E-state index is -3.70. The Kier molecular flexibility index (Phi) is 4.84. The fraction of sp³-hybridized carbons (Fsp3) is 0.500. The summed E-state index contributed by atoms with van der Waals surface area (Å²) in [5.41, 5.74) is 0.563. The van der Waals surface area contributed by atoms with E-state index in [1.165, 1.54) is 12.1 Å². The van der Waals surface area contributed by atoms with Gasteiger partial charge in [-0.3, -0.25) is 0 Å². The van der Waals surface area contributed by atoms with Gasteiger partial charge in [0.2, 0.25) is 10.0 Å². The number of anilines is 1. The topological polar surface area (TPSA) is 92.5 Å². The van der Waals surface area contributed by atoms with Gasteiger partial charge in [-0.05, 0) is 49.9 Å². The number of carbonyl (C=O) groups excluding carboxylic acids is 1. The summed E-state index contributed by atoms with van der Waals surface area (Å²) in [6.45, 7) is 2.84. The zero-order chi connectivity index (χ0) is 15.5. The predicted molar refractivity (Wildman–Crippen MR) is 81.5 cm³/mol. The number of nitrogens with one attached hydrogen (secondary N) is 1. The smallest absolute Gasteiger partial charge is 0.322 e. The molecule has 1 fully saturated rings. The van der Waals surface area contributed by atoms with Crippen LogP contribution in [0.3, 0.4) is 0 Å². The van der Waals surface area contributed by atoms with Crippen molar-refractivity contribution in [2.24, 2.45) is 5.14 Å². The minimum absolute atomic E-state index is 0.0323. The van der Waals surface area contributed by atoms with Crippen LogP contribution in [0.15, 0.2) is 29.2 Å². The van der Waals surface area contributed by atoms with E-state index in [4.69, 9.17) is 5.14 Å². The number of primary sulfonamides is 1. The first-order valence-electron chi connectivity index (χ1n) is 7.12. The third-order valence-electron chi connectivity index (χ3n) is 3.79. The SMILES string of the molecule is CCC1CCCCN1C(=O)Nc1ccc(S(N)(=O)=O)cc1. The van der Waals surface area contributed by atoms with Gasteiger partial charge in [-0.25, -0.2) is 18.4 Å². The molecule has 1 aromatic carbocycles. The molecule has 2 amide bonds. The highest BCUT2D eigenvalue weighted by Gasteiger charge is 2.25. The maximum absolute atomic E-state index is 12.3. The molecule has 1 aliphatic heterocycles. The Bertz CT molecular complexity index is 598. The molecule has 21 heavy (non-hydrogen) atoms. The zero-order valence-electron chi connectivity index (χ0n) is 12.1. The molecule has 6 nitrogen and oxygen atoms in total. The molecule has 1 saturated heterocycles. The van der Waals surface area contributed by atoms with E-state index >= 15 is 0 Å². The van der Waals surface area contributed by atoms with Crippen molar-refractivity contribution < 1.29 is 13.2 Å². The highest BCUT2D eigenvalue weighted by molar-refractivity contribution is 7.89. The van der Waals surface area contributed by atoms with Gasteiger partial charge in [0.1, 0.15) is 0 Å². The molecule has 3 N–H and O–H groups in total. The quantitative estimate of drug-likeness (QED) is 0.895. The standard InChI is InChI=1S/C14H21N3O3S/c1-2-12-5-3-4-10-17(12)14(18)16-11-6-8-13(9-7-11)21(15,19)20/h6-9,12H,2-5,10H2,1H3,(H,16,18)(H2,15,19,20). The highest BCUT2D eigenvalue weighted by Crippen LogP contribution is 2.21. The molecule has 116 valence electrons. The van der Waals surface area contributed by atoms with Gasteiger partial charge in [0.15, 0.2) is 0 Å². The molecule has 1 heterocycles. The van der Waals surface area contributed by atoms with Crippen LogP contribution in [0.1, 0.15) is 32.6 Å². The molecule has 1 aliphatic rings. The van der Waals surface area contributed by atoms with Crippen LogP contribution in [0.4, 0.5) is 10.5 Å². The van der Waals surface area contributed by atoms with E-state index in [9.17, 15) is 13.2 Å². The van der Waals surface area contributed by atoms with Crippen LogP contribution < -0.4 is 10.5 Å². The second kappa shape index (κ2) is 6.44. The summed E-state index contributed by atoms with van der Waals surface area (Å²) in [6, 6.07) is 6.01. The Hall–Kier alpha value is -1.60. The zero-order valence-corrected chi connectivity index (χ0v) is 12.9. The molecule has 1 aromatic rings. The molecule has 0 spiro atoms. The molecule has 7 heteroatoms. The van der Waals surface area contributed by atoms with Crippen LogP contribution in [0.25, 0.3) is 0 Å². The molecule has 0 aliphatic carbocycles. The first kappa shape index (κ1) is 15.8. The number of amides is 2. The van der Waals surface area contributed by atoms with Gasteiger partial charge >= 0.3 is 6.03 Å². The number of nitrogens with two attached hydrogens (primary N) is 1. The molecule has 0 saturated carbocycles. The average molecular weight is 311 g/mol. The Morgan fingerprint density at radius 2 is 2.00 bits per heavy atom. The number of piperidine rings is 1. The van der Waals surface area contributed by atoms with Crippen molar-refractivity contribution >= 4 is 21.7 Å². The van der Waals surface area contributed by atoms with Gasteiger partial charge in [-0.2, -0.15) is 0 Å². The molecular weight excluding hydrogens is 290 g/mol. The first-order chi connectivity index (χ1) is 9.91. The summed E-state index contributed by atoms with van der Waals surface area (Å²) in [4.78, 5) is 14.2. The van der Waals surface area contributed by atoms with Crippen LogP contribution in [-0.2, 0) is 10.0 Å². The monoisotopic (exact) mass is 311 g/mol. The largest absolute Gasteiger partial charge is 0.322 e. The van der Waals surface area contributed by atoms with Crippen molar-refractivity contribution in [1.29, 1.82) is 0 Å². The molecule has 1 unspecified atom stereocenters. The summed E-state index contributed by atoms with van der Waals surface area (Å²) in [5, 5.41) is 7.84. The molecule has 1 atom stereocenters. The van der Waals surface area contributed by atoms with Gasteiger partial charge in [-0.15, -0.1) is 0 Å². The van der Waals surface area contributed by atoms with Crippen LogP contribution in [0.2, 0.25) is 0 Å². The number of rotatable bonds is 3. The van der Waals surface area contributed by atoms with Gasteiger partial charge in [0.05, 0.1) is 4.90 Å². The second-order valence-electron chi connectivity index (χ2n) is 5.25.